The minimum atomic E-state index is -2.85. The zero-order chi connectivity index (χ0) is 15.3. The molecule has 1 heterocycles. The van der Waals surface area contributed by atoms with E-state index in [-0.39, 0.29) is 0 Å². The van der Waals surface area contributed by atoms with Crippen LogP contribution in [0, 0.1) is 0 Å². The summed E-state index contributed by atoms with van der Waals surface area (Å²) in [6.07, 6.45) is 9.37. The first kappa shape index (κ1) is 17.0. The van der Waals surface area contributed by atoms with Crippen LogP contribution in [0.3, 0.4) is 0 Å². The highest BCUT2D eigenvalue weighted by Crippen LogP contribution is 2.33. The largest absolute Gasteiger partial charge is 0.310 e. The van der Waals surface area contributed by atoms with Gasteiger partial charge in [0.2, 0.25) is 0 Å². The van der Waals surface area contributed by atoms with Gasteiger partial charge in [-0.15, -0.1) is 11.3 Å². The van der Waals surface area contributed by atoms with E-state index >= 15 is 0 Å². The topological polar surface area (TPSA) is 46.2 Å². The molecule has 0 saturated carbocycles. The maximum Gasteiger partial charge on any atom is 0.147 e. The van der Waals surface area contributed by atoms with Crippen molar-refractivity contribution in [3.8, 4) is 0 Å². The lowest BCUT2D eigenvalue weighted by molar-refractivity contribution is 0.513. The Labute approximate surface area is 133 Å². The summed E-state index contributed by atoms with van der Waals surface area (Å²) in [7, 11) is -2.85. The van der Waals surface area contributed by atoms with E-state index in [0.717, 1.165) is 19.4 Å². The summed E-state index contributed by atoms with van der Waals surface area (Å²) in [5.74, 6) is 0.292. The number of aryl methyl sites for hydroxylation is 2. The number of fused-ring (bicyclic) bond motifs is 1. The molecule has 0 fully saturated rings. The van der Waals surface area contributed by atoms with Gasteiger partial charge in [0.15, 0.2) is 0 Å². The van der Waals surface area contributed by atoms with Crippen molar-refractivity contribution in [3.05, 3.63) is 21.4 Å². The average molecular weight is 330 g/mol. The van der Waals surface area contributed by atoms with Gasteiger partial charge in [-0.2, -0.15) is 0 Å². The van der Waals surface area contributed by atoms with Crippen LogP contribution >= 0.6 is 11.3 Å². The van der Waals surface area contributed by atoms with Crippen molar-refractivity contribution in [3.63, 3.8) is 0 Å². The number of thiophene rings is 1. The zero-order valence-corrected chi connectivity index (χ0v) is 14.8. The average Bonchev–Trinajstić information content (AvgIpc) is 2.68. The van der Waals surface area contributed by atoms with Crippen molar-refractivity contribution in [1.82, 2.24) is 5.32 Å². The Morgan fingerprint density at radius 2 is 2.05 bits per heavy atom. The van der Waals surface area contributed by atoms with Crippen LogP contribution in [0.15, 0.2) is 6.07 Å². The van der Waals surface area contributed by atoms with E-state index in [0.29, 0.717) is 11.8 Å². The fraction of sp³-hybridized carbons (Fsp3) is 0.750. The van der Waals surface area contributed by atoms with E-state index in [4.69, 9.17) is 0 Å². The number of nitrogens with one attached hydrogen (secondary N) is 1. The number of hydrogen-bond donors (Lipinski definition) is 1. The molecule has 0 bridgehead atoms. The van der Waals surface area contributed by atoms with Crippen LogP contribution in [0.25, 0.3) is 0 Å². The Morgan fingerprint density at radius 3 is 2.76 bits per heavy atom. The Kier molecular flexibility index (Phi) is 6.26. The normalized spacial score (nSPS) is 17.2. The van der Waals surface area contributed by atoms with Crippen LogP contribution in [-0.4, -0.2) is 27.0 Å². The summed E-state index contributed by atoms with van der Waals surface area (Å²) in [4.78, 5) is 2.96. The van der Waals surface area contributed by atoms with Crippen LogP contribution in [-0.2, 0) is 22.7 Å². The maximum absolute atomic E-state index is 11.3. The van der Waals surface area contributed by atoms with Crippen molar-refractivity contribution in [2.45, 2.75) is 57.9 Å². The third-order valence-corrected chi connectivity index (χ3v) is 6.45. The number of hydrogen-bond acceptors (Lipinski definition) is 4. The van der Waals surface area contributed by atoms with Crippen LogP contribution in [0.1, 0.15) is 60.4 Å². The molecule has 1 aromatic heterocycles. The van der Waals surface area contributed by atoms with Gasteiger partial charge in [-0.3, -0.25) is 0 Å². The Bertz CT molecular complexity index is 525. The molecule has 0 aliphatic heterocycles. The van der Waals surface area contributed by atoms with E-state index in [1.54, 1.807) is 10.4 Å². The molecule has 1 aliphatic carbocycles. The van der Waals surface area contributed by atoms with Crippen molar-refractivity contribution in [2.24, 2.45) is 0 Å². The highest BCUT2D eigenvalue weighted by molar-refractivity contribution is 7.90. The van der Waals surface area contributed by atoms with Crippen LogP contribution in [0.2, 0.25) is 0 Å². The monoisotopic (exact) mass is 329 g/mol. The lowest BCUT2D eigenvalue weighted by atomic mass is 10.1. The molecule has 0 aromatic carbocycles. The fourth-order valence-electron chi connectivity index (χ4n) is 3.00. The van der Waals surface area contributed by atoms with Gasteiger partial charge in [0, 0.05) is 27.8 Å². The molecular weight excluding hydrogens is 302 g/mol. The molecule has 1 aromatic rings. The highest BCUT2D eigenvalue weighted by atomic mass is 32.2. The zero-order valence-electron chi connectivity index (χ0n) is 13.2. The van der Waals surface area contributed by atoms with Gasteiger partial charge < -0.3 is 5.32 Å². The van der Waals surface area contributed by atoms with Crippen molar-refractivity contribution >= 4 is 21.2 Å². The van der Waals surface area contributed by atoms with E-state index < -0.39 is 9.84 Å². The SMILES string of the molecule is CCNC(CCCS(C)(=O)=O)c1cc2c(s1)CCCCC2. The molecule has 21 heavy (non-hydrogen) atoms. The van der Waals surface area contributed by atoms with E-state index in [9.17, 15) is 8.42 Å². The van der Waals surface area contributed by atoms with Gasteiger partial charge in [0.25, 0.3) is 0 Å². The second-order valence-electron chi connectivity index (χ2n) is 6.04. The maximum atomic E-state index is 11.3. The predicted octanol–water partition coefficient (Wildman–Crippen LogP) is 3.49. The van der Waals surface area contributed by atoms with Gasteiger partial charge in [-0.05, 0) is 56.7 Å². The summed E-state index contributed by atoms with van der Waals surface area (Å²) < 4.78 is 22.6. The molecule has 2 rings (SSSR count). The van der Waals surface area contributed by atoms with Gasteiger partial charge >= 0.3 is 0 Å². The smallest absolute Gasteiger partial charge is 0.147 e. The third kappa shape index (κ3) is 5.38. The first-order valence-electron chi connectivity index (χ1n) is 8.02. The van der Waals surface area contributed by atoms with Crippen molar-refractivity contribution in [2.75, 3.05) is 18.6 Å². The molecule has 0 radical (unpaired) electrons. The first-order valence-corrected chi connectivity index (χ1v) is 10.9. The van der Waals surface area contributed by atoms with Crippen LogP contribution < -0.4 is 5.32 Å². The minimum absolute atomic E-state index is 0.292. The molecule has 120 valence electrons. The van der Waals surface area contributed by atoms with Crippen molar-refractivity contribution < 1.29 is 8.42 Å². The summed E-state index contributed by atoms with van der Waals surface area (Å²) in [5.41, 5.74) is 1.54. The lowest BCUT2D eigenvalue weighted by Crippen LogP contribution is -2.20. The van der Waals surface area contributed by atoms with Gasteiger partial charge in [0.05, 0.1) is 0 Å². The molecule has 1 aliphatic rings. The number of sulfone groups is 1. The van der Waals surface area contributed by atoms with E-state index in [1.165, 1.54) is 43.2 Å². The lowest BCUT2D eigenvalue weighted by Gasteiger charge is -2.16. The van der Waals surface area contributed by atoms with Gasteiger partial charge in [-0.25, -0.2) is 8.42 Å². The quantitative estimate of drug-likeness (QED) is 0.779. The van der Waals surface area contributed by atoms with Gasteiger partial charge in [-0.1, -0.05) is 13.3 Å². The van der Waals surface area contributed by atoms with E-state index in [1.807, 2.05) is 11.3 Å². The predicted molar refractivity (Wildman–Crippen MR) is 90.9 cm³/mol. The molecular formula is C16H27NO2S2. The minimum Gasteiger partial charge on any atom is -0.310 e. The van der Waals surface area contributed by atoms with Crippen molar-refractivity contribution in [1.29, 1.82) is 0 Å². The highest BCUT2D eigenvalue weighted by Gasteiger charge is 2.18. The summed E-state index contributed by atoms with van der Waals surface area (Å²) >= 11 is 1.94. The van der Waals surface area contributed by atoms with Crippen LogP contribution in [0.4, 0.5) is 0 Å². The van der Waals surface area contributed by atoms with Crippen LogP contribution in [0.5, 0.6) is 0 Å². The molecule has 1 atom stereocenters. The number of rotatable bonds is 7. The Morgan fingerprint density at radius 1 is 1.29 bits per heavy atom. The Hall–Kier alpha value is -0.390. The second kappa shape index (κ2) is 7.75. The molecule has 5 heteroatoms. The first-order chi connectivity index (χ1) is 9.99. The standard InChI is InChI=1S/C16H27NO2S2/c1-3-17-14(9-7-11-21(2,18)19)16-12-13-8-5-4-6-10-15(13)20-16/h12,14,17H,3-11H2,1-2H3. The fourth-order valence-corrected chi connectivity index (χ4v) is 5.06. The molecule has 0 amide bonds. The van der Waals surface area contributed by atoms with E-state index in [2.05, 4.69) is 18.3 Å². The second-order valence-corrected chi connectivity index (χ2v) is 9.47. The van der Waals surface area contributed by atoms with Gasteiger partial charge in [0.1, 0.15) is 9.84 Å². The summed E-state index contributed by atoms with van der Waals surface area (Å²) in [6.45, 7) is 3.04. The Balaban J connectivity index is 2.03. The third-order valence-electron chi connectivity index (χ3n) is 4.07. The molecule has 0 spiro atoms. The molecule has 1 N–H and O–H groups in total. The molecule has 3 nitrogen and oxygen atoms in total. The molecule has 1 unspecified atom stereocenters. The summed E-state index contributed by atoms with van der Waals surface area (Å²) in [5, 5.41) is 3.53. The summed E-state index contributed by atoms with van der Waals surface area (Å²) in [6, 6.07) is 2.69. The molecule has 0 saturated heterocycles.